The van der Waals surface area contributed by atoms with Crippen LogP contribution in [-0.4, -0.2) is 30.4 Å². The van der Waals surface area contributed by atoms with Gasteiger partial charge in [-0.2, -0.15) is 5.10 Å². The molecule has 92 valence electrons. The number of allylic oxidation sites excluding steroid dienone is 2. The van der Waals surface area contributed by atoms with E-state index in [1.807, 2.05) is 6.08 Å². The van der Waals surface area contributed by atoms with E-state index in [-0.39, 0.29) is 0 Å². The number of aromatic amines is 1. The summed E-state index contributed by atoms with van der Waals surface area (Å²) in [6.07, 6.45) is 5.85. The monoisotopic (exact) mass is 233 g/mol. The first-order valence-corrected chi connectivity index (χ1v) is 5.98. The van der Waals surface area contributed by atoms with Crippen LogP contribution < -0.4 is 5.32 Å². The van der Waals surface area contributed by atoms with Crippen molar-refractivity contribution in [1.29, 1.82) is 0 Å². The lowest BCUT2D eigenvalue weighted by Crippen LogP contribution is -2.26. The average Bonchev–Trinajstić information content (AvgIpc) is 2.86. The fourth-order valence-electron chi connectivity index (χ4n) is 2.17. The molecule has 1 aliphatic rings. The Kier molecular flexibility index (Phi) is 3.98. The highest BCUT2D eigenvalue weighted by Gasteiger charge is 2.18. The van der Waals surface area contributed by atoms with Gasteiger partial charge in [0, 0.05) is 11.6 Å². The Morgan fingerprint density at radius 1 is 1.53 bits per heavy atom. The number of hydrogen-bond donors (Lipinski definition) is 2. The molecule has 0 saturated carbocycles. The largest absolute Gasteiger partial charge is 0.494 e. The molecule has 2 heterocycles. The summed E-state index contributed by atoms with van der Waals surface area (Å²) in [6, 6.07) is 2.08. The molecule has 4 heteroatoms. The van der Waals surface area contributed by atoms with Crippen LogP contribution in [0.4, 0.5) is 0 Å². The van der Waals surface area contributed by atoms with Crippen LogP contribution in [0, 0.1) is 0 Å². The minimum absolute atomic E-state index is 0.583. The van der Waals surface area contributed by atoms with Gasteiger partial charge in [0.05, 0.1) is 7.11 Å². The Morgan fingerprint density at radius 3 is 2.94 bits per heavy atom. The van der Waals surface area contributed by atoms with Crippen molar-refractivity contribution in [3.63, 3.8) is 0 Å². The molecule has 0 bridgehead atoms. The second kappa shape index (κ2) is 5.68. The van der Waals surface area contributed by atoms with Crippen molar-refractivity contribution < 1.29 is 4.74 Å². The molecule has 1 fully saturated rings. The number of methoxy groups -OCH3 is 1. The van der Waals surface area contributed by atoms with Crippen LogP contribution in [0.15, 0.2) is 24.8 Å². The van der Waals surface area contributed by atoms with E-state index in [4.69, 9.17) is 4.74 Å². The lowest BCUT2D eigenvalue weighted by molar-refractivity contribution is 0.368. The van der Waals surface area contributed by atoms with Crippen LogP contribution in [0.2, 0.25) is 0 Å². The summed E-state index contributed by atoms with van der Waals surface area (Å²) in [5.41, 5.74) is 2.05. The molecule has 1 aliphatic heterocycles. The molecule has 0 unspecified atom stereocenters. The van der Waals surface area contributed by atoms with Crippen LogP contribution in [0.5, 0.6) is 0 Å². The second-order valence-corrected chi connectivity index (χ2v) is 4.20. The first-order chi connectivity index (χ1) is 8.35. The fourth-order valence-corrected chi connectivity index (χ4v) is 2.17. The van der Waals surface area contributed by atoms with E-state index in [0.717, 1.165) is 37.4 Å². The first-order valence-electron chi connectivity index (χ1n) is 5.98. The van der Waals surface area contributed by atoms with Gasteiger partial charge in [0.1, 0.15) is 11.5 Å². The highest BCUT2D eigenvalue weighted by atomic mass is 16.5. The number of hydrogen-bond acceptors (Lipinski definition) is 3. The van der Waals surface area contributed by atoms with Gasteiger partial charge in [-0.15, -0.1) is 0 Å². The van der Waals surface area contributed by atoms with E-state index in [1.54, 1.807) is 13.2 Å². The van der Waals surface area contributed by atoms with Crippen LogP contribution in [0.1, 0.15) is 30.1 Å². The van der Waals surface area contributed by atoms with E-state index in [9.17, 15) is 0 Å². The summed E-state index contributed by atoms with van der Waals surface area (Å²) in [4.78, 5) is 0. The number of rotatable bonds is 4. The van der Waals surface area contributed by atoms with Crippen LogP contribution in [0.25, 0.3) is 5.76 Å². The Hall–Kier alpha value is -1.55. The van der Waals surface area contributed by atoms with E-state index >= 15 is 0 Å². The van der Waals surface area contributed by atoms with Crippen LogP contribution in [-0.2, 0) is 4.74 Å². The van der Waals surface area contributed by atoms with E-state index in [1.165, 1.54) is 5.69 Å². The molecule has 0 aromatic carbocycles. The number of piperidine rings is 1. The van der Waals surface area contributed by atoms with Gasteiger partial charge in [0.15, 0.2) is 0 Å². The zero-order valence-corrected chi connectivity index (χ0v) is 10.2. The zero-order valence-electron chi connectivity index (χ0n) is 10.2. The van der Waals surface area contributed by atoms with Crippen molar-refractivity contribution in [2.24, 2.45) is 0 Å². The number of ether oxygens (including phenoxy) is 1. The Balaban J connectivity index is 2.14. The highest BCUT2D eigenvalue weighted by molar-refractivity contribution is 5.58. The normalized spacial score (nSPS) is 18.1. The smallest absolute Gasteiger partial charge is 0.146 e. The van der Waals surface area contributed by atoms with Crippen molar-refractivity contribution in [1.82, 2.24) is 15.5 Å². The Bertz CT molecular complexity index is 403. The minimum Gasteiger partial charge on any atom is -0.494 e. The molecule has 2 rings (SSSR count). The van der Waals surface area contributed by atoms with Crippen molar-refractivity contribution in [3.05, 3.63) is 36.2 Å². The summed E-state index contributed by atoms with van der Waals surface area (Å²) in [5, 5.41) is 10.8. The SMILES string of the molecule is C=C/C=C(\OC)c1cc(C2CCNCC2)[nH]n1. The van der Waals surface area contributed by atoms with Gasteiger partial charge in [0.25, 0.3) is 0 Å². The maximum Gasteiger partial charge on any atom is 0.146 e. The molecule has 0 radical (unpaired) electrons. The molecule has 0 spiro atoms. The Labute approximate surface area is 102 Å². The maximum atomic E-state index is 5.27. The summed E-state index contributed by atoms with van der Waals surface area (Å²) in [6.45, 7) is 5.83. The molecular formula is C13H19N3O. The van der Waals surface area contributed by atoms with Gasteiger partial charge < -0.3 is 10.1 Å². The summed E-state index contributed by atoms with van der Waals surface area (Å²) < 4.78 is 5.27. The molecule has 0 amide bonds. The standard InChI is InChI=1S/C13H19N3O/c1-3-4-13(17-2)12-9-11(15-16-12)10-5-7-14-8-6-10/h3-4,9-10,14H,1,5-8H2,2H3,(H,15,16)/b13-4-. The van der Waals surface area contributed by atoms with Crippen LogP contribution >= 0.6 is 0 Å². The molecule has 1 aromatic heterocycles. The van der Waals surface area contributed by atoms with E-state index < -0.39 is 0 Å². The fraction of sp³-hybridized carbons (Fsp3) is 0.462. The van der Waals surface area contributed by atoms with E-state index in [2.05, 4.69) is 28.2 Å². The number of nitrogens with zero attached hydrogens (tertiary/aromatic N) is 1. The highest BCUT2D eigenvalue weighted by Crippen LogP contribution is 2.25. The topological polar surface area (TPSA) is 49.9 Å². The summed E-state index contributed by atoms with van der Waals surface area (Å²) >= 11 is 0. The van der Waals surface area contributed by atoms with Crippen molar-refractivity contribution in [2.75, 3.05) is 20.2 Å². The third kappa shape index (κ3) is 2.77. The first kappa shape index (κ1) is 11.9. The lowest BCUT2D eigenvalue weighted by Gasteiger charge is -2.20. The van der Waals surface area contributed by atoms with Gasteiger partial charge in [-0.1, -0.05) is 12.7 Å². The summed E-state index contributed by atoms with van der Waals surface area (Å²) in [7, 11) is 1.65. The molecule has 2 N–H and O–H groups in total. The number of aromatic nitrogens is 2. The van der Waals surface area contributed by atoms with Gasteiger partial charge in [-0.3, -0.25) is 5.10 Å². The number of H-pyrrole nitrogens is 1. The molecule has 0 aliphatic carbocycles. The van der Waals surface area contributed by atoms with Gasteiger partial charge in [-0.25, -0.2) is 0 Å². The zero-order chi connectivity index (χ0) is 12.1. The summed E-state index contributed by atoms with van der Waals surface area (Å²) in [5.74, 6) is 1.33. The Morgan fingerprint density at radius 2 is 2.29 bits per heavy atom. The molecule has 4 nitrogen and oxygen atoms in total. The molecule has 1 saturated heterocycles. The van der Waals surface area contributed by atoms with Gasteiger partial charge in [0.2, 0.25) is 0 Å². The minimum atomic E-state index is 0.583. The van der Waals surface area contributed by atoms with Crippen LogP contribution in [0.3, 0.4) is 0 Å². The van der Waals surface area contributed by atoms with Crippen molar-refractivity contribution >= 4 is 5.76 Å². The third-order valence-electron chi connectivity index (χ3n) is 3.12. The predicted octanol–water partition coefficient (Wildman–Crippen LogP) is 2.05. The third-order valence-corrected chi connectivity index (χ3v) is 3.12. The number of nitrogens with one attached hydrogen (secondary N) is 2. The molecular weight excluding hydrogens is 214 g/mol. The quantitative estimate of drug-likeness (QED) is 0.618. The van der Waals surface area contributed by atoms with Gasteiger partial charge >= 0.3 is 0 Å². The average molecular weight is 233 g/mol. The molecule has 17 heavy (non-hydrogen) atoms. The van der Waals surface area contributed by atoms with Crippen molar-refractivity contribution in [3.8, 4) is 0 Å². The molecule has 0 atom stereocenters. The van der Waals surface area contributed by atoms with Gasteiger partial charge in [-0.05, 0) is 38.1 Å². The van der Waals surface area contributed by atoms with E-state index in [0.29, 0.717) is 5.92 Å². The maximum absolute atomic E-state index is 5.27. The lowest BCUT2D eigenvalue weighted by atomic mass is 9.94. The molecule has 1 aromatic rings. The predicted molar refractivity (Wildman–Crippen MR) is 68.6 cm³/mol. The van der Waals surface area contributed by atoms with Crippen molar-refractivity contribution in [2.45, 2.75) is 18.8 Å². The second-order valence-electron chi connectivity index (χ2n) is 4.20.